The number of carbonyl (C=O) groups excluding carboxylic acids is 1. The molecular formula is C23H21NO5. The average Bonchev–Trinajstić information content (AvgIpc) is 3.09. The van der Waals surface area contributed by atoms with Gasteiger partial charge in [0.05, 0.1) is 6.61 Å². The van der Waals surface area contributed by atoms with E-state index in [0.29, 0.717) is 38.6 Å². The molecule has 6 heteroatoms. The first kappa shape index (κ1) is 19.0. The smallest absolute Gasteiger partial charge is 0.342 e. The summed E-state index contributed by atoms with van der Waals surface area (Å²) in [4.78, 5) is 16.8. The Morgan fingerprint density at radius 3 is 2.52 bits per heavy atom. The number of carbonyl (C=O) groups is 1. The van der Waals surface area contributed by atoms with E-state index in [1.807, 2.05) is 36.4 Å². The van der Waals surface area contributed by atoms with Crippen molar-refractivity contribution in [1.82, 2.24) is 4.98 Å². The van der Waals surface area contributed by atoms with E-state index < -0.39 is 12.1 Å². The van der Waals surface area contributed by atoms with Gasteiger partial charge in [-0.15, -0.1) is 0 Å². The van der Waals surface area contributed by atoms with Gasteiger partial charge in [-0.3, -0.25) is 4.98 Å². The molecule has 4 aromatic rings. The predicted molar refractivity (Wildman–Crippen MR) is 109 cm³/mol. The number of esters is 1. The van der Waals surface area contributed by atoms with Crippen molar-refractivity contribution in [3.05, 3.63) is 71.2 Å². The fraction of sp³-hybridized carbons (Fsp3) is 0.217. The molecule has 0 radical (unpaired) electrons. The summed E-state index contributed by atoms with van der Waals surface area (Å²) in [6.07, 6.45) is 2.68. The van der Waals surface area contributed by atoms with E-state index >= 15 is 0 Å². The molecule has 1 N–H and O–H groups in total. The van der Waals surface area contributed by atoms with Crippen molar-refractivity contribution in [2.75, 3.05) is 13.7 Å². The highest BCUT2D eigenvalue weighted by Crippen LogP contribution is 2.46. The lowest BCUT2D eigenvalue weighted by atomic mass is 9.91. The Labute approximate surface area is 167 Å². The van der Waals surface area contributed by atoms with E-state index in [-0.39, 0.29) is 12.4 Å². The first-order valence-corrected chi connectivity index (χ1v) is 9.34. The Balaban J connectivity index is 2.16. The molecule has 0 saturated heterocycles. The number of aryl methyl sites for hydroxylation is 1. The van der Waals surface area contributed by atoms with Gasteiger partial charge in [0.2, 0.25) is 0 Å². The third-order valence-electron chi connectivity index (χ3n) is 5.02. The van der Waals surface area contributed by atoms with Crippen LogP contribution in [0.15, 0.2) is 53.2 Å². The molecule has 0 saturated carbocycles. The Morgan fingerprint density at radius 2 is 1.86 bits per heavy atom. The topological polar surface area (TPSA) is 81.8 Å². The quantitative estimate of drug-likeness (QED) is 0.487. The van der Waals surface area contributed by atoms with Gasteiger partial charge in [0, 0.05) is 41.2 Å². The van der Waals surface area contributed by atoms with Crippen LogP contribution in [0.3, 0.4) is 0 Å². The molecule has 2 aromatic carbocycles. The maximum Gasteiger partial charge on any atom is 0.342 e. The third kappa shape index (κ3) is 3.02. The number of hydrogen-bond acceptors (Lipinski definition) is 6. The minimum Gasteiger partial charge on any atom is -0.507 e. The van der Waals surface area contributed by atoms with Gasteiger partial charge in [0.15, 0.2) is 0 Å². The summed E-state index contributed by atoms with van der Waals surface area (Å²) in [6, 6.07) is 11.0. The highest BCUT2D eigenvalue weighted by Gasteiger charge is 2.30. The molecule has 0 aliphatic heterocycles. The second-order valence-corrected chi connectivity index (χ2v) is 6.66. The molecule has 6 nitrogen and oxygen atoms in total. The van der Waals surface area contributed by atoms with Crippen molar-refractivity contribution in [1.29, 1.82) is 0 Å². The summed E-state index contributed by atoms with van der Waals surface area (Å²) >= 11 is 0. The number of phenolic OH excluding ortho intramolecular Hbond substituents is 1. The molecule has 0 amide bonds. The summed E-state index contributed by atoms with van der Waals surface area (Å²) in [5.74, 6) is -0.0209. The van der Waals surface area contributed by atoms with E-state index in [1.165, 1.54) is 0 Å². The average molecular weight is 391 g/mol. The molecule has 0 spiro atoms. The highest BCUT2D eigenvalue weighted by atomic mass is 16.5. The van der Waals surface area contributed by atoms with Crippen LogP contribution in [-0.4, -0.2) is 29.8 Å². The van der Waals surface area contributed by atoms with Crippen LogP contribution >= 0.6 is 0 Å². The van der Waals surface area contributed by atoms with Crippen LogP contribution in [0.5, 0.6) is 5.75 Å². The van der Waals surface area contributed by atoms with Crippen molar-refractivity contribution in [3.63, 3.8) is 0 Å². The second kappa shape index (κ2) is 7.56. The van der Waals surface area contributed by atoms with Crippen molar-refractivity contribution >= 4 is 27.7 Å². The van der Waals surface area contributed by atoms with Crippen LogP contribution in [0.4, 0.5) is 0 Å². The SMILES string of the molecule is CCOC(=O)c1c(C)oc2c1c(C(OC)c1ccncc1)c(O)c1ccccc12. The fourth-order valence-electron chi connectivity index (χ4n) is 3.81. The van der Waals surface area contributed by atoms with Crippen LogP contribution in [-0.2, 0) is 9.47 Å². The predicted octanol–water partition coefficient (Wildman–Crippen LogP) is 4.91. The van der Waals surface area contributed by atoms with Crippen molar-refractivity contribution < 1.29 is 23.8 Å². The Morgan fingerprint density at radius 1 is 1.17 bits per heavy atom. The van der Waals surface area contributed by atoms with E-state index in [4.69, 9.17) is 13.9 Å². The Bertz CT molecular complexity index is 1200. The molecule has 29 heavy (non-hydrogen) atoms. The first-order valence-electron chi connectivity index (χ1n) is 9.34. The van der Waals surface area contributed by atoms with Crippen LogP contribution in [0.25, 0.3) is 21.7 Å². The summed E-state index contributed by atoms with van der Waals surface area (Å²) < 4.78 is 17.1. The van der Waals surface area contributed by atoms with Gasteiger partial charge in [-0.25, -0.2) is 4.79 Å². The largest absolute Gasteiger partial charge is 0.507 e. The van der Waals surface area contributed by atoms with E-state index in [9.17, 15) is 9.90 Å². The number of benzene rings is 2. The van der Waals surface area contributed by atoms with Crippen molar-refractivity contribution in [3.8, 4) is 5.75 Å². The number of phenols is 1. The molecule has 1 atom stereocenters. The third-order valence-corrected chi connectivity index (χ3v) is 5.02. The minimum atomic E-state index is -0.629. The molecule has 0 fully saturated rings. The lowest BCUT2D eigenvalue weighted by Crippen LogP contribution is -2.09. The zero-order valence-electron chi connectivity index (χ0n) is 16.4. The number of aromatic hydroxyl groups is 1. The number of nitrogens with zero attached hydrogens (tertiary/aromatic N) is 1. The van der Waals surface area contributed by atoms with Crippen molar-refractivity contribution in [2.45, 2.75) is 20.0 Å². The van der Waals surface area contributed by atoms with Crippen molar-refractivity contribution in [2.24, 2.45) is 0 Å². The van der Waals surface area contributed by atoms with Gasteiger partial charge in [-0.05, 0) is 31.5 Å². The maximum atomic E-state index is 12.8. The van der Waals surface area contributed by atoms with E-state index in [2.05, 4.69) is 4.98 Å². The van der Waals surface area contributed by atoms with Crippen LogP contribution in [0.1, 0.15) is 40.3 Å². The van der Waals surface area contributed by atoms with Crippen LogP contribution in [0.2, 0.25) is 0 Å². The zero-order chi connectivity index (χ0) is 20.5. The minimum absolute atomic E-state index is 0.0445. The number of furan rings is 1. The number of pyridine rings is 1. The van der Waals surface area contributed by atoms with Gasteiger partial charge in [-0.1, -0.05) is 24.3 Å². The molecule has 148 valence electrons. The maximum absolute atomic E-state index is 12.8. The molecule has 2 aromatic heterocycles. The molecular weight excluding hydrogens is 370 g/mol. The monoisotopic (exact) mass is 391 g/mol. The molecule has 2 heterocycles. The van der Waals surface area contributed by atoms with Gasteiger partial charge in [-0.2, -0.15) is 0 Å². The fourth-order valence-corrected chi connectivity index (χ4v) is 3.81. The standard InChI is InChI=1S/C23H21NO5/c1-4-28-23(26)17-13(2)29-22-16-8-6-5-7-15(16)20(25)19(18(17)22)21(27-3)14-9-11-24-12-10-14/h5-12,21,25H,4H2,1-3H3. The van der Waals surface area contributed by atoms with E-state index in [1.54, 1.807) is 33.4 Å². The number of rotatable bonds is 5. The normalized spacial score (nSPS) is 12.4. The number of fused-ring (bicyclic) bond motifs is 3. The van der Waals surface area contributed by atoms with Gasteiger partial charge in [0.1, 0.15) is 28.8 Å². The molecule has 0 aliphatic rings. The molecule has 0 aliphatic carbocycles. The summed E-state index contributed by atoms with van der Waals surface area (Å²) in [6.45, 7) is 3.70. The highest BCUT2D eigenvalue weighted by molar-refractivity contribution is 6.16. The van der Waals surface area contributed by atoms with E-state index in [0.717, 1.165) is 5.56 Å². The molecule has 1 unspecified atom stereocenters. The number of aromatic nitrogens is 1. The molecule has 4 rings (SSSR count). The first-order chi connectivity index (χ1) is 14.1. The summed E-state index contributed by atoms with van der Waals surface area (Å²) in [7, 11) is 1.56. The zero-order valence-corrected chi connectivity index (χ0v) is 16.4. The van der Waals surface area contributed by atoms with Crippen LogP contribution in [0, 0.1) is 6.92 Å². The number of methoxy groups -OCH3 is 1. The Kier molecular flexibility index (Phi) is 4.94. The summed E-state index contributed by atoms with van der Waals surface area (Å²) in [5.41, 5.74) is 2.08. The number of ether oxygens (including phenoxy) is 2. The van der Waals surface area contributed by atoms with Gasteiger partial charge < -0.3 is 19.0 Å². The Hall–Kier alpha value is -3.38. The van der Waals surface area contributed by atoms with Gasteiger partial charge in [0.25, 0.3) is 0 Å². The second-order valence-electron chi connectivity index (χ2n) is 6.66. The molecule has 0 bridgehead atoms. The number of hydrogen-bond donors (Lipinski definition) is 1. The summed E-state index contributed by atoms with van der Waals surface area (Å²) in [5, 5.41) is 13.1. The lowest BCUT2D eigenvalue weighted by molar-refractivity contribution is 0.0526. The van der Waals surface area contributed by atoms with Gasteiger partial charge >= 0.3 is 5.97 Å². The lowest BCUT2D eigenvalue weighted by Gasteiger charge is -2.20. The van der Waals surface area contributed by atoms with Crippen LogP contribution < -0.4 is 0 Å².